The van der Waals surface area contributed by atoms with Crippen molar-refractivity contribution in [3.05, 3.63) is 0 Å². The van der Waals surface area contributed by atoms with Crippen molar-refractivity contribution < 1.29 is 4.79 Å². The van der Waals surface area contributed by atoms with Gasteiger partial charge in [0.1, 0.15) is 0 Å². The molecule has 3 heteroatoms. The topological polar surface area (TPSA) is 32.3 Å². The van der Waals surface area contributed by atoms with Crippen LogP contribution in [0.3, 0.4) is 0 Å². The van der Waals surface area contributed by atoms with Gasteiger partial charge in [-0.2, -0.15) is 0 Å². The predicted molar refractivity (Wildman–Crippen MR) is 60.7 cm³/mol. The van der Waals surface area contributed by atoms with Gasteiger partial charge in [0.2, 0.25) is 5.91 Å². The second-order valence-electron chi connectivity index (χ2n) is 4.88. The van der Waals surface area contributed by atoms with E-state index in [1.165, 1.54) is 32.1 Å². The van der Waals surface area contributed by atoms with Gasteiger partial charge in [0.05, 0.1) is 6.04 Å². The van der Waals surface area contributed by atoms with Crippen molar-refractivity contribution in [2.75, 3.05) is 13.1 Å². The minimum atomic E-state index is 0.110. The second kappa shape index (κ2) is 4.97. The van der Waals surface area contributed by atoms with E-state index >= 15 is 0 Å². The summed E-state index contributed by atoms with van der Waals surface area (Å²) in [4.78, 5) is 14.3. The Morgan fingerprint density at radius 3 is 2.67 bits per heavy atom. The first-order valence-electron chi connectivity index (χ1n) is 6.33. The van der Waals surface area contributed by atoms with E-state index in [1.54, 1.807) is 0 Å². The molecule has 15 heavy (non-hydrogen) atoms. The molecule has 0 spiro atoms. The first-order valence-corrected chi connectivity index (χ1v) is 6.33. The number of carbonyl (C=O) groups excluding carboxylic acids is 1. The summed E-state index contributed by atoms with van der Waals surface area (Å²) in [6.45, 7) is 4.16. The van der Waals surface area contributed by atoms with Crippen LogP contribution in [0.15, 0.2) is 0 Å². The first-order chi connectivity index (χ1) is 7.29. The smallest absolute Gasteiger partial charge is 0.239 e. The molecule has 2 fully saturated rings. The third-order valence-corrected chi connectivity index (χ3v) is 3.69. The van der Waals surface area contributed by atoms with E-state index in [9.17, 15) is 4.79 Å². The molecule has 1 amide bonds. The van der Waals surface area contributed by atoms with E-state index in [0.29, 0.717) is 11.9 Å². The lowest BCUT2D eigenvalue weighted by atomic mass is 9.99. The number of carbonyl (C=O) groups is 1. The molecule has 86 valence electrons. The molecule has 0 unspecified atom stereocenters. The average Bonchev–Trinajstić information content (AvgIpc) is 2.30. The summed E-state index contributed by atoms with van der Waals surface area (Å²) in [7, 11) is 0. The zero-order valence-corrected chi connectivity index (χ0v) is 9.67. The highest BCUT2D eigenvalue weighted by Crippen LogP contribution is 2.19. The van der Waals surface area contributed by atoms with Crippen LogP contribution in [0.2, 0.25) is 0 Å². The highest BCUT2D eigenvalue weighted by Gasteiger charge is 2.29. The lowest BCUT2D eigenvalue weighted by molar-refractivity contribution is -0.137. The van der Waals surface area contributed by atoms with Crippen LogP contribution in [-0.2, 0) is 4.79 Å². The van der Waals surface area contributed by atoms with Crippen LogP contribution in [-0.4, -0.2) is 36.0 Å². The van der Waals surface area contributed by atoms with Crippen LogP contribution in [0.4, 0.5) is 0 Å². The summed E-state index contributed by atoms with van der Waals surface area (Å²) in [5.41, 5.74) is 0. The average molecular weight is 210 g/mol. The minimum absolute atomic E-state index is 0.110. The Kier molecular flexibility index (Phi) is 3.62. The Balaban J connectivity index is 1.92. The molecule has 0 aliphatic carbocycles. The number of amides is 1. The maximum atomic E-state index is 12.2. The van der Waals surface area contributed by atoms with Crippen LogP contribution in [0.25, 0.3) is 0 Å². The van der Waals surface area contributed by atoms with Crippen molar-refractivity contribution in [3.8, 4) is 0 Å². The van der Waals surface area contributed by atoms with Gasteiger partial charge in [-0.1, -0.05) is 6.42 Å². The molecule has 2 aliphatic rings. The molecule has 2 saturated heterocycles. The molecule has 2 aliphatic heterocycles. The van der Waals surface area contributed by atoms with E-state index in [-0.39, 0.29) is 6.04 Å². The fourth-order valence-electron chi connectivity index (χ4n) is 2.69. The fourth-order valence-corrected chi connectivity index (χ4v) is 2.69. The van der Waals surface area contributed by atoms with Crippen molar-refractivity contribution >= 4 is 5.91 Å². The normalized spacial score (nSPS) is 32.7. The Bertz CT molecular complexity index is 224. The maximum Gasteiger partial charge on any atom is 0.239 e. The van der Waals surface area contributed by atoms with E-state index < -0.39 is 0 Å². The van der Waals surface area contributed by atoms with Crippen molar-refractivity contribution in [1.29, 1.82) is 0 Å². The molecule has 0 saturated carbocycles. The molecule has 0 aromatic heterocycles. The monoisotopic (exact) mass is 210 g/mol. The molecular weight excluding hydrogens is 188 g/mol. The van der Waals surface area contributed by atoms with E-state index in [0.717, 1.165) is 19.5 Å². The zero-order valence-electron chi connectivity index (χ0n) is 9.67. The molecule has 0 radical (unpaired) electrons. The molecule has 0 aromatic carbocycles. The highest BCUT2D eigenvalue weighted by molar-refractivity contribution is 5.82. The van der Waals surface area contributed by atoms with E-state index in [2.05, 4.69) is 17.1 Å². The Morgan fingerprint density at radius 2 is 2.00 bits per heavy atom. The van der Waals surface area contributed by atoms with E-state index in [4.69, 9.17) is 0 Å². The third-order valence-electron chi connectivity index (χ3n) is 3.69. The SMILES string of the molecule is C[C@H]1CCCCN1C(=O)[C@@H]1CCCCN1. The minimum Gasteiger partial charge on any atom is -0.339 e. The molecule has 2 rings (SSSR count). The maximum absolute atomic E-state index is 12.2. The quantitative estimate of drug-likeness (QED) is 0.712. The van der Waals surface area contributed by atoms with Crippen LogP contribution >= 0.6 is 0 Å². The third kappa shape index (κ3) is 2.51. The van der Waals surface area contributed by atoms with Crippen molar-refractivity contribution in [2.45, 2.75) is 57.5 Å². The van der Waals surface area contributed by atoms with Crippen LogP contribution in [0, 0.1) is 0 Å². The zero-order chi connectivity index (χ0) is 10.7. The molecule has 0 bridgehead atoms. The number of piperidine rings is 2. The largest absolute Gasteiger partial charge is 0.339 e. The van der Waals surface area contributed by atoms with Gasteiger partial charge in [0.15, 0.2) is 0 Å². The van der Waals surface area contributed by atoms with Gasteiger partial charge >= 0.3 is 0 Å². The number of nitrogens with zero attached hydrogens (tertiary/aromatic N) is 1. The Hall–Kier alpha value is -0.570. The number of nitrogens with one attached hydrogen (secondary N) is 1. The summed E-state index contributed by atoms with van der Waals surface area (Å²) in [5.74, 6) is 0.349. The number of rotatable bonds is 1. The summed E-state index contributed by atoms with van der Waals surface area (Å²) < 4.78 is 0. The molecule has 0 aromatic rings. The Morgan fingerprint density at radius 1 is 1.20 bits per heavy atom. The lowest BCUT2D eigenvalue weighted by Gasteiger charge is -2.37. The standard InChI is InChI=1S/C12H22N2O/c1-10-6-3-5-9-14(10)12(15)11-7-2-4-8-13-11/h10-11,13H,2-9H2,1H3/t10-,11-/m0/s1. The summed E-state index contributed by atoms with van der Waals surface area (Å²) in [6, 6.07) is 0.564. The van der Waals surface area contributed by atoms with Crippen molar-refractivity contribution in [3.63, 3.8) is 0 Å². The Labute approximate surface area is 92.2 Å². The fraction of sp³-hybridized carbons (Fsp3) is 0.917. The van der Waals surface area contributed by atoms with Gasteiger partial charge < -0.3 is 10.2 Å². The second-order valence-corrected chi connectivity index (χ2v) is 4.88. The first kappa shape index (κ1) is 10.9. The van der Waals surface area contributed by atoms with Gasteiger partial charge in [0.25, 0.3) is 0 Å². The number of hydrogen-bond donors (Lipinski definition) is 1. The number of likely N-dealkylation sites (tertiary alicyclic amines) is 1. The summed E-state index contributed by atoms with van der Waals surface area (Å²) in [5, 5.41) is 3.35. The van der Waals surface area contributed by atoms with Gasteiger partial charge in [-0.25, -0.2) is 0 Å². The number of hydrogen-bond acceptors (Lipinski definition) is 2. The van der Waals surface area contributed by atoms with Gasteiger partial charge in [-0.05, 0) is 45.6 Å². The molecular formula is C12H22N2O. The van der Waals surface area contributed by atoms with Crippen LogP contribution in [0.1, 0.15) is 45.4 Å². The summed E-state index contributed by atoms with van der Waals surface area (Å²) in [6.07, 6.45) is 7.09. The van der Waals surface area contributed by atoms with Gasteiger partial charge in [0, 0.05) is 12.6 Å². The summed E-state index contributed by atoms with van der Waals surface area (Å²) >= 11 is 0. The molecule has 2 heterocycles. The van der Waals surface area contributed by atoms with E-state index in [1.807, 2.05) is 0 Å². The van der Waals surface area contributed by atoms with Crippen LogP contribution in [0.5, 0.6) is 0 Å². The van der Waals surface area contributed by atoms with Crippen LogP contribution < -0.4 is 5.32 Å². The van der Waals surface area contributed by atoms with Gasteiger partial charge in [-0.3, -0.25) is 4.79 Å². The predicted octanol–water partition coefficient (Wildman–Crippen LogP) is 1.53. The lowest BCUT2D eigenvalue weighted by Crippen LogP contribution is -2.52. The molecule has 2 atom stereocenters. The van der Waals surface area contributed by atoms with Crippen molar-refractivity contribution in [2.24, 2.45) is 0 Å². The highest BCUT2D eigenvalue weighted by atomic mass is 16.2. The molecule has 3 nitrogen and oxygen atoms in total. The van der Waals surface area contributed by atoms with Crippen molar-refractivity contribution in [1.82, 2.24) is 10.2 Å². The molecule has 1 N–H and O–H groups in total. The van der Waals surface area contributed by atoms with Gasteiger partial charge in [-0.15, -0.1) is 0 Å².